The third-order valence-electron chi connectivity index (χ3n) is 4.15. The monoisotopic (exact) mass is 464 g/mol. The molecule has 3 aromatic rings. The van der Waals surface area contributed by atoms with Crippen LogP contribution < -0.4 is 5.43 Å². The van der Waals surface area contributed by atoms with Gasteiger partial charge in [0.1, 0.15) is 11.5 Å². The van der Waals surface area contributed by atoms with E-state index < -0.39 is 17.6 Å². The van der Waals surface area contributed by atoms with Crippen LogP contribution in [0.4, 0.5) is 0 Å². The molecule has 1 amide bonds. The van der Waals surface area contributed by atoms with Crippen LogP contribution in [-0.4, -0.2) is 32.9 Å². The molecule has 1 heterocycles. The van der Waals surface area contributed by atoms with Crippen molar-refractivity contribution in [3.63, 3.8) is 0 Å². The number of carboxylic acid groups (broad SMARTS) is 1. The molecule has 0 aliphatic carbocycles. The lowest BCUT2D eigenvalue weighted by Gasteiger charge is -2.06. The number of carboxylic acids is 1. The summed E-state index contributed by atoms with van der Waals surface area (Å²) >= 11 is 13.2. The molecule has 0 radical (unpaired) electrons. The number of nitrogens with one attached hydrogen (secondary N) is 1. The van der Waals surface area contributed by atoms with Gasteiger partial charge in [0.25, 0.3) is 5.91 Å². The van der Waals surface area contributed by atoms with Crippen molar-refractivity contribution < 1.29 is 24.9 Å². The highest BCUT2D eigenvalue weighted by Gasteiger charge is 2.17. The number of hydrogen-bond acceptors (Lipinski definition) is 6. The molecule has 0 fully saturated rings. The first-order valence-electron chi connectivity index (χ1n) is 8.36. The number of thiophene rings is 1. The molecule has 10 heteroatoms. The number of hydrogen-bond donors (Lipinski definition) is 4. The quantitative estimate of drug-likeness (QED) is 0.313. The summed E-state index contributed by atoms with van der Waals surface area (Å²) in [7, 11) is 0. The number of hydrazone groups is 1. The molecule has 0 aliphatic rings. The van der Waals surface area contributed by atoms with Crippen molar-refractivity contribution in [1.29, 1.82) is 0 Å². The Morgan fingerprint density at radius 2 is 1.77 bits per heavy atom. The summed E-state index contributed by atoms with van der Waals surface area (Å²) in [4.78, 5) is 23.7. The third kappa shape index (κ3) is 4.40. The van der Waals surface area contributed by atoms with E-state index in [1.807, 2.05) is 0 Å². The van der Waals surface area contributed by atoms with Crippen LogP contribution in [-0.2, 0) is 0 Å². The molecule has 0 atom stereocenters. The molecule has 0 saturated carbocycles. The van der Waals surface area contributed by atoms with Gasteiger partial charge in [0.15, 0.2) is 0 Å². The number of benzene rings is 2. The number of carbonyl (C=O) groups is 2. The molecule has 1 aromatic heterocycles. The summed E-state index contributed by atoms with van der Waals surface area (Å²) in [5.74, 6) is -2.47. The Morgan fingerprint density at radius 3 is 2.40 bits per heavy atom. The largest absolute Gasteiger partial charge is 0.507 e. The number of halogens is 2. The predicted molar refractivity (Wildman–Crippen MR) is 116 cm³/mol. The zero-order valence-electron chi connectivity index (χ0n) is 15.3. The van der Waals surface area contributed by atoms with E-state index in [-0.39, 0.29) is 16.9 Å². The number of aromatic hydroxyl groups is 2. The number of rotatable bonds is 5. The van der Waals surface area contributed by atoms with Gasteiger partial charge >= 0.3 is 5.97 Å². The molecule has 4 N–H and O–H groups in total. The standard InChI is InChI=1S/C20H14Cl2N2O5S/c1-9(23-24-19(27)12-4-2-11(20(28)29)7-16(12)25)13-8-30-18(17(13)26)10-3-5-14(21)15(22)6-10/h2-8,25-26H,1H3,(H,24,27)(H,28,29). The Balaban J connectivity index is 1.81. The molecule has 2 aromatic carbocycles. The van der Waals surface area contributed by atoms with E-state index in [0.29, 0.717) is 31.8 Å². The Morgan fingerprint density at radius 1 is 1.03 bits per heavy atom. The topological polar surface area (TPSA) is 119 Å². The first-order chi connectivity index (χ1) is 14.2. The number of amides is 1. The van der Waals surface area contributed by atoms with Gasteiger partial charge in [0, 0.05) is 5.38 Å². The van der Waals surface area contributed by atoms with Crippen LogP contribution >= 0.6 is 34.5 Å². The zero-order chi connectivity index (χ0) is 22.0. The number of aromatic carboxylic acids is 1. The van der Waals surface area contributed by atoms with E-state index in [4.69, 9.17) is 28.3 Å². The number of carbonyl (C=O) groups excluding carboxylic acids is 1. The maximum absolute atomic E-state index is 12.3. The normalized spacial score (nSPS) is 11.4. The number of nitrogens with zero attached hydrogens (tertiary/aromatic N) is 1. The van der Waals surface area contributed by atoms with Gasteiger partial charge in [0.2, 0.25) is 0 Å². The fourth-order valence-electron chi connectivity index (χ4n) is 2.56. The van der Waals surface area contributed by atoms with Gasteiger partial charge in [-0.2, -0.15) is 5.10 Å². The predicted octanol–water partition coefficient (Wildman–Crippen LogP) is 4.99. The second-order valence-corrected chi connectivity index (χ2v) is 7.83. The first-order valence-corrected chi connectivity index (χ1v) is 9.99. The van der Waals surface area contributed by atoms with Crippen LogP contribution in [0.15, 0.2) is 46.9 Å². The highest BCUT2D eigenvalue weighted by molar-refractivity contribution is 7.14. The molecule has 154 valence electrons. The average Bonchev–Trinajstić information content (AvgIpc) is 3.09. The van der Waals surface area contributed by atoms with Gasteiger partial charge in [-0.05, 0) is 42.8 Å². The molecule has 0 saturated heterocycles. The van der Waals surface area contributed by atoms with Crippen LogP contribution in [0.5, 0.6) is 11.5 Å². The Kier molecular flexibility index (Phi) is 6.31. The number of phenols is 1. The molecule has 3 rings (SSSR count). The highest BCUT2D eigenvalue weighted by Crippen LogP contribution is 2.40. The summed E-state index contributed by atoms with van der Waals surface area (Å²) in [5.41, 5.74) is 3.40. The van der Waals surface area contributed by atoms with E-state index in [1.54, 1.807) is 30.5 Å². The van der Waals surface area contributed by atoms with Crippen molar-refractivity contribution in [1.82, 2.24) is 5.43 Å². The van der Waals surface area contributed by atoms with Crippen molar-refractivity contribution in [3.8, 4) is 21.9 Å². The van der Waals surface area contributed by atoms with E-state index >= 15 is 0 Å². The van der Waals surface area contributed by atoms with Crippen molar-refractivity contribution >= 4 is 52.1 Å². The molecule has 7 nitrogen and oxygen atoms in total. The number of phenolic OH excluding ortho intramolecular Hbond substituents is 1. The first kappa shape index (κ1) is 21.6. The van der Waals surface area contributed by atoms with E-state index in [0.717, 1.165) is 6.07 Å². The van der Waals surface area contributed by atoms with Crippen LogP contribution in [0, 0.1) is 0 Å². The second kappa shape index (κ2) is 8.74. The lowest BCUT2D eigenvalue weighted by atomic mass is 10.1. The fourth-order valence-corrected chi connectivity index (χ4v) is 3.86. The third-order valence-corrected chi connectivity index (χ3v) is 5.91. The van der Waals surface area contributed by atoms with Crippen molar-refractivity contribution in [3.05, 3.63) is 68.5 Å². The Bertz CT molecular complexity index is 1190. The van der Waals surface area contributed by atoms with E-state index in [2.05, 4.69) is 10.5 Å². The minimum atomic E-state index is -1.23. The Hall–Kier alpha value is -3.07. The molecular formula is C20H14Cl2N2O5S. The van der Waals surface area contributed by atoms with Gasteiger partial charge in [-0.25, -0.2) is 10.2 Å². The van der Waals surface area contributed by atoms with Crippen LogP contribution in [0.25, 0.3) is 10.4 Å². The molecule has 0 aliphatic heterocycles. The second-order valence-electron chi connectivity index (χ2n) is 6.13. The maximum Gasteiger partial charge on any atom is 0.335 e. The summed E-state index contributed by atoms with van der Waals surface area (Å²) in [6.07, 6.45) is 0. The van der Waals surface area contributed by atoms with Crippen LogP contribution in [0.3, 0.4) is 0 Å². The van der Waals surface area contributed by atoms with E-state index in [1.165, 1.54) is 23.5 Å². The fraction of sp³-hybridized carbons (Fsp3) is 0.0500. The van der Waals surface area contributed by atoms with Gasteiger partial charge in [-0.1, -0.05) is 29.3 Å². The average molecular weight is 465 g/mol. The minimum Gasteiger partial charge on any atom is -0.507 e. The molecule has 30 heavy (non-hydrogen) atoms. The summed E-state index contributed by atoms with van der Waals surface area (Å²) in [6, 6.07) is 8.34. The molecular weight excluding hydrogens is 451 g/mol. The summed E-state index contributed by atoms with van der Waals surface area (Å²) in [6.45, 7) is 1.59. The lowest BCUT2D eigenvalue weighted by molar-refractivity contribution is 0.0695. The SMILES string of the molecule is CC(=NNC(=O)c1ccc(C(=O)O)cc1O)c1csc(-c2ccc(Cl)c(Cl)c2)c1O. The Labute approximate surface area is 184 Å². The van der Waals surface area contributed by atoms with Gasteiger partial charge in [-0.3, -0.25) is 4.79 Å². The van der Waals surface area contributed by atoms with Crippen molar-refractivity contribution in [2.24, 2.45) is 5.10 Å². The van der Waals surface area contributed by atoms with Crippen molar-refractivity contribution in [2.75, 3.05) is 0 Å². The molecule has 0 bridgehead atoms. The smallest absolute Gasteiger partial charge is 0.335 e. The van der Waals surface area contributed by atoms with Gasteiger partial charge in [0.05, 0.1) is 37.3 Å². The molecule has 0 spiro atoms. The lowest BCUT2D eigenvalue weighted by Crippen LogP contribution is -2.19. The van der Waals surface area contributed by atoms with Gasteiger partial charge in [-0.15, -0.1) is 11.3 Å². The molecule has 0 unspecified atom stereocenters. The van der Waals surface area contributed by atoms with Crippen molar-refractivity contribution in [2.45, 2.75) is 6.92 Å². The minimum absolute atomic E-state index is 0.0254. The summed E-state index contributed by atoms with van der Waals surface area (Å²) in [5, 5.41) is 35.7. The van der Waals surface area contributed by atoms with Crippen LogP contribution in [0.2, 0.25) is 10.0 Å². The van der Waals surface area contributed by atoms with Crippen LogP contribution in [0.1, 0.15) is 33.2 Å². The summed E-state index contributed by atoms with van der Waals surface area (Å²) < 4.78 is 0. The maximum atomic E-state index is 12.3. The highest BCUT2D eigenvalue weighted by atomic mass is 35.5. The van der Waals surface area contributed by atoms with Gasteiger partial charge < -0.3 is 15.3 Å². The zero-order valence-corrected chi connectivity index (χ0v) is 17.6. The van der Waals surface area contributed by atoms with E-state index in [9.17, 15) is 19.8 Å².